The number of nitrogens with zero attached hydrogens (tertiary/aromatic N) is 3. The van der Waals surface area contributed by atoms with E-state index in [0.717, 1.165) is 43.4 Å². The van der Waals surface area contributed by atoms with Gasteiger partial charge in [0.15, 0.2) is 5.69 Å². The number of aromatic nitrogens is 1. The Morgan fingerprint density at radius 1 is 1.17 bits per heavy atom. The minimum absolute atomic E-state index is 0.110. The number of rotatable bonds is 4. The number of hydrogen-bond donors (Lipinski definition) is 1. The fourth-order valence-electron chi connectivity index (χ4n) is 3.79. The number of hydrogen-bond acceptors (Lipinski definition) is 6. The van der Waals surface area contributed by atoms with Gasteiger partial charge >= 0.3 is 0 Å². The van der Waals surface area contributed by atoms with Gasteiger partial charge in [-0.25, -0.2) is 23.0 Å². The first-order valence-corrected chi connectivity index (χ1v) is 11.6. The molecule has 1 aromatic carbocycles. The summed E-state index contributed by atoms with van der Waals surface area (Å²) in [5, 5.41) is 6.21. The van der Waals surface area contributed by atoms with Gasteiger partial charge in [-0.15, -0.1) is 11.3 Å². The first-order chi connectivity index (χ1) is 14.0. The Kier molecular flexibility index (Phi) is 4.81. The Labute approximate surface area is 179 Å². The highest BCUT2D eigenvalue weighted by Crippen LogP contribution is 2.46. The van der Waals surface area contributed by atoms with Crippen molar-refractivity contribution in [2.24, 2.45) is 10.1 Å². The fourth-order valence-corrected chi connectivity index (χ4v) is 5.52. The molecule has 1 atom stereocenters. The predicted octanol–water partition coefficient (Wildman–Crippen LogP) is 4.05. The molecule has 0 amide bonds. The third kappa shape index (κ3) is 3.24. The number of amidine groups is 1. The van der Waals surface area contributed by atoms with Gasteiger partial charge in [0.2, 0.25) is 10.9 Å². The third-order valence-electron chi connectivity index (χ3n) is 5.41. The number of benzene rings is 1. The van der Waals surface area contributed by atoms with E-state index in [0.29, 0.717) is 5.84 Å². The quantitative estimate of drug-likeness (QED) is 0.616. The molecule has 1 unspecified atom stereocenters. The van der Waals surface area contributed by atoms with Crippen LogP contribution < -0.4 is 14.4 Å². The summed E-state index contributed by atoms with van der Waals surface area (Å²) in [4.78, 5) is 11.0. The molecule has 1 aliphatic heterocycles. The van der Waals surface area contributed by atoms with Gasteiger partial charge in [0, 0.05) is 29.1 Å². The molecule has 30 heavy (non-hydrogen) atoms. The number of quaternary nitrogens is 1. The van der Waals surface area contributed by atoms with E-state index in [1.807, 2.05) is 44.3 Å². The fraction of sp³-hybridized carbons (Fsp3) is 0.238. The number of aliphatic imine (C=N–C) groups is 1. The molecule has 0 saturated carbocycles. The zero-order valence-electron chi connectivity index (χ0n) is 17.4. The highest BCUT2D eigenvalue weighted by atomic mass is 32.2. The monoisotopic (exact) mass is 443 g/mol. The Hall–Kier alpha value is -2.59. The van der Waals surface area contributed by atoms with Crippen LogP contribution in [0.25, 0.3) is 21.3 Å². The van der Waals surface area contributed by atoms with Crippen molar-refractivity contribution in [3.8, 4) is 16.9 Å². The lowest BCUT2D eigenvalue weighted by molar-refractivity contribution is 0.415. The third-order valence-corrected chi connectivity index (χ3v) is 7.19. The van der Waals surface area contributed by atoms with Crippen LogP contribution in [0.1, 0.15) is 17.5 Å². The van der Waals surface area contributed by atoms with Gasteiger partial charge < -0.3 is 4.74 Å². The number of fused-ring (bicyclic) bond motifs is 1. The lowest BCUT2D eigenvalue weighted by Gasteiger charge is -2.26. The molecule has 0 fully saturated rings. The Bertz CT molecular complexity index is 1360. The summed E-state index contributed by atoms with van der Waals surface area (Å²) in [6.45, 7) is 5.81. The van der Waals surface area contributed by atoms with E-state index >= 15 is 0 Å². The highest BCUT2D eigenvalue weighted by Gasteiger charge is 2.39. The zero-order valence-corrected chi connectivity index (χ0v) is 19.1. The van der Waals surface area contributed by atoms with Crippen molar-refractivity contribution in [2.45, 2.75) is 20.8 Å². The number of aryl methyl sites for hydroxylation is 2. The van der Waals surface area contributed by atoms with Crippen molar-refractivity contribution in [3.05, 3.63) is 52.1 Å². The number of nitrogens with two attached hydrogens (primary N) is 1. The maximum absolute atomic E-state index is 12.0. The average Bonchev–Trinajstić information content (AvgIpc) is 3.17. The number of thiophene rings is 1. The van der Waals surface area contributed by atoms with Gasteiger partial charge in [0.25, 0.3) is 10.0 Å². The standard InChI is InChI=1S/C21H23N4O3S2/c1-12-9-17(25(4)11-18(24-14(25)3)30(22,26)27)20-19(13(2)29-21(20)23-12)15-7-6-8-16(10-15)28-5/h6-11H,1-5H3,(H2,22,26,27)/q+1. The lowest BCUT2D eigenvalue weighted by Crippen LogP contribution is -2.42. The van der Waals surface area contributed by atoms with Crippen molar-refractivity contribution >= 4 is 43.1 Å². The SMILES string of the molecule is COc1cccc(-c2c(C)sc3nc(C)cc([N+]4(C)C=C(S(N)(=O)=O)N=C4C)c23)c1. The van der Waals surface area contributed by atoms with Crippen LogP contribution in [-0.4, -0.2) is 33.4 Å². The van der Waals surface area contributed by atoms with E-state index in [4.69, 9.17) is 14.9 Å². The van der Waals surface area contributed by atoms with E-state index in [-0.39, 0.29) is 9.51 Å². The minimum Gasteiger partial charge on any atom is -0.497 e. The van der Waals surface area contributed by atoms with Crippen molar-refractivity contribution < 1.29 is 13.2 Å². The summed E-state index contributed by atoms with van der Waals surface area (Å²) in [6, 6.07) is 9.88. The smallest absolute Gasteiger partial charge is 0.261 e. The van der Waals surface area contributed by atoms with Gasteiger partial charge in [-0.05, 0) is 31.5 Å². The molecule has 3 heterocycles. The predicted molar refractivity (Wildman–Crippen MR) is 123 cm³/mol. The van der Waals surface area contributed by atoms with E-state index in [2.05, 4.69) is 11.9 Å². The second kappa shape index (κ2) is 6.98. The number of sulfonamides is 1. The number of methoxy groups -OCH3 is 1. The van der Waals surface area contributed by atoms with Crippen molar-refractivity contribution in [2.75, 3.05) is 14.2 Å². The van der Waals surface area contributed by atoms with Crippen LogP contribution in [0, 0.1) is 13.8 Å². The lowest BCUT2D eigenvalue weighted by atomic mass is 10.0. The number of ether oxygens (including phenoxy) is 1. The Morgan fingerprint density at radius 3 is 2.53 bits per heavy atom. The molecule has 0 radical (unpaired) electrons. The largest absolute Gasteiger partial charge is 0.497 e. The minimum atomic E-state index is -3.92. The van der Waals surface area contributed by atoms with E-state index in [1.165, 1.54) is 0 Å². The van der Waals surface area contributed by atoms with Gasteiger partial charge in [0.1, 0.15) is 16.8 Å². The Balaban J connectivity index is 2.07. The molecule has 0 aliphatic carbocycles. The maximum Gasteiger partial charge on any atom is 0.261 e. The molecule has 9 heteroatoms. The highest BCUT2D eigenvalue weighted by molar-refractivity contribution is 7.93. The summed E-state index contributed by atoms with van der Waals surface area (Å²) in [5.74, 6) is 1.38. The van der Waals surface area contributed by atoms with Gasteiger partial charge in [0.05, 0.1) is 19.5 Å². The molecule has 3 aromatic rings. The summed E-state index contributed by atoms with van der Waals surface area (Å²) >= 11 is 1.62. The Morgan fingerprint density at radius 2 is 1.90 bits per heavy atom. The number of primary sulfonamides is 1. The molecule has 2 N–H and O–H groups in total. The molecule has 1 aliphatic rings. The first kappa shape index (κ1) is 20.7. The van der Waals surface area contributed by atoms with Crippen LogP contribution >= 0.6 is 11.3 Å². The van der Waals surface area contributed by atoms with Crippen LogP contribution in [0.15, 0.2) is 46.6 Å². The van der Waals surface area contributed by atoms with Gasteiger partial charge in [-0.2, -0.15) is 4.99 Å². The average molecular weight is 444 g/mol. The second-order valence-corrected chi connectivity index (χ2v) is 10.2. The summed E-state index contributed by atoms with van der Waals surface area (Å²) < 4.78 is 29.4. The van der Waals surface area contributed by atoms with E-state index in [9.17, 15) is 8.42 Å². The molecule has 0 saturated heterocycles. The topological polar surface area (TPSA) is 94.6 Å². The first-order valence-electron chi connectivity index (χ1n) is 9.28. The summed E-state index contributed by atoms with van der Waals surface area (Å²) in [6.07, 6.45) is 1.58. The maximum atomic E-state index is 12.0. The molecular weight excluding hydrogens is 420 g/mol. The second-order valence-electron chi connectivity index (χ2n) is 7.47. The number of pyridine rings is 1. The normalized spacial score (nSPS) is 19.1. The molecule has 4 rings (SSSR count). The van der Waals surface area contributed by atoms with Crippen LogP contribution in [0.3, 0.4) is 0 Å². The summed E-state index contributed by atoms with van der Waals surface area (Å²) in [5.41, 5.74) is 3.82. The molecule has 0 spiro atoms. The molecular formula is C21H23N4O3S2+. The van der Waals surface area contributed by atoms with Crippen LogP contribution in [0.4, 0.5) is 5.69 Å². The van der Waals surface area contributed by atoms with Gasteiger partial charge in [-0.3, -0.25) is 0 Å². The molecule has 156 valence electrons. The molecule has 0 bridgehead atoms. The summed E-state index contributed by atoms with van der Waals surface area (Å²) in [7, 11) is -0.362. The molecule has 2 aromatic heterocycles. The van der Waals surface area contributed by atoms with E-state index in [1.54, 1.807) is 31.6 Å². The van der Waals surface area contributed by atoms with Crippen LogP contribution in [-0.2, 0) is 10.0 Å². The van der Waals surface area contributed by atoms with Gasteiger partial charge in [-0.1, -0.05) is 12.1 Å². The molecule has 7 nitrogen and oxygen atoms in total. The zero-order chi connectivity index (χ0) is 21.8. The van der Waals surface area contributed by atoms with E-state index < -0.39 is 10.0 Å². The van der Waals surface area contributed by atoms with Crippen molar-refractivity contribution in [1.82, 2.24) is 9.47 Å². The van der Waals surface area contributed by atoms with Crippen molar-refractivity contribution in [1.29, 1.82) is 0 Å². The van der Waals surface area contributed by atoms with Crippen LogP contribution in [0.2, 0.25) is 0 Å². The van der Waals surface area contributed by atoms with Crippen LogP contribution in [0.5, 0.6) is 5.75 Å². The van der Waals surface area contributed by atoms with Crippen molar-refractivity contribution in [3.63, 3.8) is 0 Å².